The van der Waals surface area contributed by atoms with Gasteiger partial charge in [0.1, 0.15) is 6.07 Å². The summed E-state index contributed by atoms with van der Waals surface area (Å²) >= 11 is 0. The summed E-state index contributed by atoms with van der Waals surface area (Å²) in [6.45, 7) is 2.26. The zero-order valence-corrected chi connectivity index (χ0v) is 16.4. The first-order chi connectivity index (χ1) is 12.7. The maximum absolute atomic E-state index is 12.8. The highest BCUT2D eigenvalue weighted by atomic mass is 19.1. The van der Waals surface area contributed by atoms with Crippen molar-refractivity contribution in [3.8, 4) is 6.07 Å². The Morgan fingerprint density at radius 1 is 1.08 bits per heavy atom. The molecular formula is C24H34FN. The highest BCUT2D eigenvalue weighted by Crippen LogP contribution is 2.37. The van der Waals surface area contributed by atoms with Gasteiger partial charge in [-0.25, -0.2) is 0 Å². The number of aryl methyl sites for hydroxylation is 1. The number of nitrogens with zero attached hydrogens (tertiary/aromatic N) is 1. The molecule has 0 heterocycles. The van der Waals surface area contributed by atoms with E-state index in [-0.39, 0.29) is 0 Å². The van der Waals surface area contributed by atoms with Gasteiger partial charge in [-0.3, -0.25) is 0 Å². The lowest BCUT2D eigenvalue weighted by Gasteiger charge is -2.28. The van der Waals surface area contributed by atoms with E-state index < -0.39 is 5.83 Å². The van der Waals surface area contributed by atoms with Crippen LogP contribution in [0, 0.1) is 17.2 Å². The lowest BCUT2D eigenvalue weighted by Crippen LogP contribution is -2.13. The maximum atomic E-state index is 12.8. The van der Waals surface area contributed by atoms with Gasteiger partial charge in [-0.2, -0.15) is 9.65 Å². The molecule has 1 aromatic carbocycles. The zero-order chi connectivity index (χ0) is 18.6. The fourth-order valence-electron chi connectivity index (χ4n) is 4.17. The first-order valence-corrected chi connectivity index (χ1v) is 10.6. The molecule has 0 spiro atoms. The summed E-state index contributed by atoms with van der Waals surface area (Å²) in [5.74, 6) is 0.747. The molecule has 1 fully saturated rings. The van der Waals surface area contributed by atoms with Crippen molar-refractivity contribution in [3.05, 3.63) is 47.3 Å². The summed E-state index contributed by atoms with van der Waals surface area (Å²) in [6.07, 6.45) is 16.0. The number of halogens is 1. The van der Waals surface area contributed by atoms with Crippen LogP contribution in [-0.4, -0.2) is 0 Å². The van der Waals surface area contributed by atoms with Crippen LogP contribution < -0.4 is 0 Å². The topological polar surface area (TPSA) is 23.8 Å². The third-order valence-corrected chi connectivity index (χ3v) is 5.87. The molecule has 1 aliphatic carbocycles. The van der Waals surface area contributed by atoms with Gasteiger partial charge in [-0.15, -0.1) is 0 Å². The van der Waals surface area contributed by atoms with E-state index >= 15 is 0 Å². The van der Waals surface area contributed by atoms with Gasteiger partial charge < -0.3 is 0 Å². The van der Waals surface area contributed by atoms with Crippen LogP contribution in [-0.2, 0) is 6.42 Å². The molecule has 2 heteroatoms. The van der Waals surface area contributed by atoms with Gasteiger partial charge in [0.05, 0.1) is 0 Å². The Bertz CT molecular complexity index is 573. The Labute approximate surface area is 159 Å². The number of hydrogen-bond acceptors (Lipinski definition) is 1. The predicted molar refractivity (Wildman–Crippen MR) is 108 cm³/mol. The molecule has 0 saturated heterocycles. The van der Waals surface area contributed by atoms with Crippen LogP contribution in [0.25, 0.3) is 0 Å². The molecular weight excluding hydrogens is 321 g/mol. The molecule has 142 valence electrons. The minimum absolute atomic E-state index is 0.635. The number of allylic oxidation sites excluding steroid dienone is 2. The second-order valence-corrected chi connectivity index (χ2v) is 7.86. The maximum Gasteiger partial charge on any atom is 0.196 e. The summed E-state index contributed by atoms with van der Waals surface area (Å²) in [4.78, 5) is 0. The number of rotatable bonds is 10. The Hall–Kier alpha value is -1.62. The first kappa shape index (κ1) is 20.7. The summed E-state index contributed by atoms with van der Waals surface area (Å²) in [6, 6.07) is 10.9. The van der Waals surface area contributed by atoms with Crippen molar-refractivity contribution in [2.75, 3.05) is 0 Å². The summed E-state index contributed by atoms with van der Waals surface area (Å²) in [7, 11) is 0. The van der Waals surface area contributed by atoms with E-state index in [9.17, 15) is 4.39 Å². The molecule has 1 aliphatic rings. The van der Waals surface area contributed by atoms with Crippen molar-refractivity contribution in [1.82, 2.24) is 0 Å². The highest BCUT2D eigenvalue weighted by Gasteiger charge is 2.21. The third-order valence-electron chi connectivity index (χ3n) is 5.87. The van der Waals surface area contributed by atoms with Crippen molar-refractivity contribution in [2.24, 2.45) is 5.92 Å². The summed E-state index contributed by atoms with van der Waals surface area (Å²) in [5, 5.41) is 8.44. The molecule has 0 amide bonds. The van der Waals surface area contributed by atoms with Gasteiger partial charge in [0, 0.05) is 0 Å². The number of benzene rings is 1. The summed E-state index contributed by atoms with van der Waals surface area (Å²) < 4.78 is 12.8. The highest BCUT2D eigenvalue weighted by molar-refractivity contribution is 5.26. The van der Waals surface area contributed by atoms with Crippen molar-refractivity contribution in [3.63, 3.8) is 0 Å². The molecule has 26 heavy (non-hydrogen) atoms. The average molecular weight is 356 g/mol. The van der Waals surface area contributed by atoms with Crippen LogP contribution in [0.4, 0.5) is 4.39 Å². The van der Waals surface area contributed by atoms with Gasteiger partial charge in [-0.1, -0.05) is 56.9 Å². The standard InChI is InChI=1S/C24H34FN/c1-2-3-4-5-6-8-20-11-15-22(16-12-20)23-17-13-21(14-18-23)9-7-10-24(25)19-26/h10-12,15-16,21,23H,2-9,13-14,17-18H2,1H3. The van der Waals surface area contributed by atoms with Crippen LogP contribution in [0.15, 0.2) is 36.2 Å². The molecule has 1 aromatic rings. The molecule has 0 aliphatic heterocycles. The minimum atomic E-state index is -0.635. The van der Waals surface area contributed by atoms with Crippen molar-refractivity contribution in [1.29, 1.82) is 5.26 Å². The molecule has 1 saturated carbocycles. The molecule has 1 nitrogen and oxygen atoms in total. The normalized spacial score (nSPS) is 20.7. The molecule has 0 N–H and O–H groups in total. The molecule has 0 radical (unpaired) electrons. The molecule has 2 rings (SSSR count). The Morgan fingerprint density at radius 3 is 2.42 bits per heavy atom. The largest absolute Gasteiger partial charge is 0.196 e. The van der Waals surface area contributed by atoms with E-state index in [0.29, 0.717) is 18.3 Å². The van der Waals surface area contributed by atoms with Crippen LogP contribution in [0.5, 0.6) is 0 Å². The van der Waals surface area contributed by atoms with Crippen molar-refractivity contribution >= 4 is 0 Å². The summed E-state index contributed by atoms with van der Waals surface area (Å²) in [5.41, 5.74) is 2.97. The van der Waals surface area contributed by atoms with Crippen LogP contribution in [0.3, 0.4) is 0 Å². The van der Waals surface area contributed by atoms with E-state index in [4.69, 9.17) is 5.26 Å². The quantitative estimate of drug-likeness (QED) is 0.312. The Kier molecular flexibility index (Phi) is 9.46. The molecule has 0 unspecified atom stereocenters. The van der Waals surface area contributed by atoms with Crippen LogP contribution >= 0.6 is 0 Å². The molecule has 0 bridgehead atoms. The number of hydrogen-bond donors (Lipinski definition) is 0. The second-order valence-electron chi connectivity index (χ2n) is 7.86. The van der Waals surface area contributed by atoms with E-state index in [0.717, 1.165) is 6.42 Å². The van der Waals surface area contributed by atoms with E-state index in [1.54, 1.807) is 6.07 Å². The van der Waals surface area contributed by atoms with E-state index in [1.165, 1.54) is 81.4 Å². The first-order valence-electron chi connectivity index (χ1n) is 10.6. The van der Waals surface area contributed by atoms with Gasteiger partial charge in [0.15, 0.2) is 5.83 Å². The van der Waals surface area contributed by atoms with E-state index in [1.807, 2.05) is 0 Å². The zero-order valence-electron chi connectivity index (χ0n) is 16.4. The van der Waals surface area contributed by atoms with Gasteiger partial charge in [-0.05, 0) is 80.4 Å². The van der Waals surface area contributed by atoms with Crippen molar-refractivity contribution < 1.29 is 4.39 Å². The molecule has 0 atom stereocenters. The average Bonchev–Trinajstić information content (AvgIpc) is 2.69. The second kappa shape index (κ2) is 11.9. The lowest BCUT2D eigenvalue weighted by atomic mass is 9.77. The monoisotopic (exact) mass is 355 g/mol. The fraction of sp³-hybridized carbons (Fsp3) is 0.625. The van der Waals surface area contributed by atoms with Gasteiger partial charge in [0.25, 0.3) is 0 Å². The van der Waals surface area contributed by atoms with Gasteiger partial charge >= 0.3 is 0 Å². The third kappa shape index (κ3) is 7.32. The minimum Gasteiger partial charge on any atom is -0.195 e. The lowest BCUT2D eigenvalue weighted by molar-refractivity contribution is 0.311. The fourth-order valence-corrected chi connectivity index (χ4v) is 4.17. The SMILES string of the molecule is CCCCCCCc1ccc(C2CCC(CCC=C(F)C#N)CC2)cc1. The Morgan fingerprint density at radius 2 is 1.77 bits per heavy atom. The Balaban J connectivity index is 1.69. The smallest absolute Gasteiger partial charge is 0.195 e. The van der Waals surface area contributed by atoms with Gasteiger partial charge in [0.2, 0.25) is 0 Å². The number of unbranched alkanes of at least 4 members (excludes halogenated alkanes) is 4. The van der Waals surface area contributed by atoms with Crippen LogP contribution in [0.1, 0.15) is 94.6 Å². The predicted octanol–water partition coefficient (Wildman–Crippen LogP) is 7.63. The number of nitriles is 1. The van der Waals surface area contributed by atoms with Crippen LogP contribution in [0.2, 0.25) is 0 Å². The van der Waals surface area contributed by atoms with E-state index in [2.05, 4.69) is 31.2 Å². The molecule has 0 aromatic heterocycles. The van der Waals surface area contributed by atoms with Crippen molar-refractivity contribution in [2.45, 2.75) is 89.9 Å².